The largest absolute Gasteiger partial charge is 0.314 e. The maximum atomic E-state index is 2.53. The molecule has 9 aromatic carbocycles. The molecule has 0 bridgehead atoms. The molecule has 2 heterocycles. The summed E-state index contributed by atoms with van der Waals surface area (Å²) in [5, 5.41) is 8.00. The van der Waals surface area contributed by atoms with E-state index in [0.717, 1.165) is 24.2 Å². The van der Waals surface area contributed by atoms with Crippen LogP contribution in [0.25, 0.3) is 73.4 Å². The summed E-state index contributed by atoms with van der Waals surface area (Å²) in [5.74, 6) is 0. The fraction of sp³-hybridized carbons (Fsp3) is 0.125. The number of hydrogen-bond donors (Lipinski definition) is 0. The van der Waals surface area contributed by atoms with Crippen molar-refractivity contribution in [2.24, 2.45) is 0 Å². The van der Waals surface area contributed by atoms with Crippen molar-refractivity contribution in [2.45, 2.75) is 51.4 Å². The highest BCUT2D eigenvalue weighted by Crippen LogP contribution is 2.54. The molecule has 3 aliphatic rings. The van der Waals surface area contributed by atoms with Crippen LogP contribution in [0.15, 0.2) is 200 Å². The molecule has 0 aliphatic heterocycles. The first-order chi connectivity index (χ1) is 33.2. The van der Waals surface area contributed by atoms with E-state index in [0.29, 0.717) is 0 Å². The van der Waals surface area contributed by atoms with E-state index in [-0.39, 0.29) is 10.8 Å². The van der Waals surface area contributed by atoms with Crippen molar-refractivity contribution in [1.82, 2.24) is 0 Å². The summed E-state index contributed by atoms with van der Waals surface area (Å²) in [4.78, 5) is 4.97. The van der Waals surface area contributed by atoms with Gasteiger partial charge in [0.1, 0.15) is 0 Å². The van der Waals surface area contributed by atoms with Crippen LogP contribution in [0.4, 0.5) is 28.4 Å². The van der Waals surface area contributed by atoms with Gasteiger partial charge in [-0.1, -0.05) is 155 Å². The third kappa shape index (κ3) is 5.68. The minimum Gasteiger partial charge on any atom is -0.314 e. The molecule has 0 radical (unpaired) electrons. The van der Waals surface area contributed by atoms with Gasteiger partial charge in [0.15, 0.2) is 0 Å². The van der Waals surface area contributed by atoms with Crippen LogP contribution in [0.3, 0.4) is 0 Å². The summed E-state index contributed by atoms with van der Waals surface area (Å²) >= 11 is 3.90. The second-order valence-electron chi connectivity index (χ2n) is 20.0. The van der Waals surface area contributed by atoms with E-state index in [2.05, 4.69) is 232 Å². The molecule has 0 unspecified atom stereocenters. The summed E-state index contributed by atoms with van der Waals surface area (Å²) in [6.07, 6.45) is 8.87. The van der Waals surface area contributed by atoms with E-state index < -0.39 is 0 Å². The van der Waals surface area contributed by atoms with Crippen LogP contribution in [-0.4, -0.2) is 0 Å². The quantitative estimate of drug-likeness (QED) is 0.164. The molecule has 11 aromatic rings. The Morgan fingerprint density at radius 1 is 0.397 bits per heavy atom. The first kappa shape index (κ1) is 39.9. The minimum absolute atomic E-state index is 0.0762. The van der Waals surface area contributed by atoms with Crippen LogP contribution in [0, 0.1) is 0 Å². The molecular formula is C64H48N2S2. The molecule has 14 rings (SSSR count). The lowest BCUT2D eigenvalue weighted by atomic mass is 9.82. The zero-order valence-corrected chi connectivity index (χ0v) is 40.2. The van der Waals surface area contributed by atoms with Gasteiger partial charge in [-0.15, -0.1) is 22.7 Å². The third-order valence-electron chi connectivity index (χ3n) is 15.5. The Morgan fingerprint density at radius 3 is 1.40 bits per heavy atom. The summed E-state index contributed by atoms with van der Waals surface area (Å²) in [5.41, 5.74) is 18.0. The van der Waals surface area contributed by atoms with Gasteiger partial charge in [0.25, 0.3) is 0 Å². The summed E-state index contributed by atoms with van der Waals surface area (Å²) in [6.45, 7) is 9.50. The van der Waals surface area contributed by atoms with E-state index in [4.69, 9.17) is 0 Å². The van der Waals surface area contributed by atoms with Gasteiger partial charge in [0, 0.05) is 75.9 Å². The molecular weight excluding hydrogens is 861 g/mol. The SMILES string of the molecule is CC1(C)c2ccccc2-c2ccc(N(C3=CC=CCC3)c3ccc4c(c3)sc3c5sc6cc(N(c7ccccc7)c7ccc8c(c7)C(C)(C)c7ccccc7-8)ccc6c5c5ccccc5c43)cc21. The zero-order chi connectivity index (χ0) is 45.5. The van der Waals surface area contributed by atoms with Gasteiger partial charge < -0.3 is 9.80 Å². The first-order valence-corrected chi connectivity index (χ1v) is 25.6. The molecule has 0 amide bonds. The monoisotopic (exact) mass is 908 g/mol. The maximum Gasteiger partial charge on any atom is 0.0540 e. The van der Waals surface area contributed by atoms with Gasteiger partial charge in [0.05, 0.1) is 9.40 Å². The number of rotatable bonds is 6. The Morgan fingerprint density at radius 2 is 0.853 bits per heavy atom. The molecule has 68 heavy (non-hydrogen) atoms. The van der Waals surface area contributed by atoms with Crippen LogP contribution in [0.2, 0.25) is 0 Å². The number of nitrogens with zero attached hydrogens (tertiary/aromatic N) is 2. The lowest BCUT2D eigenvalue weighted by Crippen LogP contribution is -2.19. The van der Waals surface area contributed by atoms with Gasteiger partial charge >= 0.3 is 0 Å². The van der Waals surface area contributed by atoms with Crippen LogP contribution in [0.5, 0.6) is 0 Å². The van der Waals surface area contributed by atoms with E-state index in [1.807, 2.05) is 22.7 Å². The second-order valence-corrected chi connectivity index (χ2v) is 22.1. The molecule has 0 N–H and O–H groups in total. The standard InChI is InChI=1S/C64H48N2S2/c1-63(2)53-25-15-13-21-45(53)47-31-27-41(35-55(47)63)65(39-17-7-5-8-18-39)43-29-33-51-57(37-43)67-61-59(51)49-23-11-12-24-50(49)60-52-34-30-44(38-58(52)68-62(60)61)66(40-19-9-6-10-20-40)42-28-32-48-46-22-14-16-26-54(46)64(3,4)56(48)36-42/h5-9,11-19,21-38H,10,20H2,1-4H3. The Labute approximate surface area is 405 Å². The Bertz CT molecular complexity index is 3990. The number of thiophene rings is 2. The van der Waals surface area contributed by atoms with Gasteiger partial charge in [-0.2, -0.15) is 0 Å². The van der Waals surface area contributed by atoms with Crippen LogP contribution in [-0.2, 0) is 10.8 Å². The fourth-order valence-corrected chi connectivity index (χ4v) is 14.8. The van der Waals surface area contributed by atoms with Gasteiger partial charge in [-0.05, 0) is 135 Å². The maximum absolute atomic E-state index is 2.53. The van der Waals surface area contributed by atoms with Gasteiger partial charge in [-0.25, -0.2) is 0 Å². The number of para-hydroxylation sites is 1. The topological polar surface area (TPSA) is 6.48 Å². The molecule has 0 fully saturated rings. The number of hydrogen-bond acceptors (Lipinski definition) is 4. The average molecular weight is 909 g/mol. The molecule has 0 spiro atoms. The second kappa shape index (κ2) is 14.6. The van der Waals surface area contributed by atoms with Gasteiger partial charge in [-0.3, -0.25) is 0 Å². The smallest absolute Gasteiger partial charge is 0.0540 e. The highest BCUT2D eigenvalue weighted by molar-refractivity contribution is 7.33. The van der Waals surface area contributed by atoms with Crippen molar-refractivity contribution < 1.29 is 0 Å². The Balaban J connectivity index is 0.931. The molecule has 0 saturated carbocycles. The highest BCUT2D eigenvalue weighted by atomic mass is 32.1. The zero-order valence-electron chi connectivity index (χ0n) is 38.6. The van der Waals surface area contributed by atoms with Crippen molar-refractivity contribution in [2.75, 3.05) is 9.80 Å². The van der Waals surface area contributed by atoms with Crippen LogP contribution in [0.1, 0.15) is 62.8 Å². The van der Waals surface area contributed by atoms with E-state index in [1.54, 1.807) is 0 Å². The summed E-state index contributed by atoms with van der Waals surface area (Å²) in [7, 11) is 0. The summed E-state index contributed by atoms with van der Waals surface area (Å²) < 4.78 is 5.36. The lowest BCUT2D eigenvalue weighted by molar-refractivity contribution is 0.660. The number of fused-ring (bicyclic) bond motifs is 16. The molecule has 0 saturated heterocycles. The van der Waals surface area contributed by atoms with Crippen molar-refractivity contribution in [3.05, 3.63) is 222 Å². The first-order valence-electron chi connectivity index (χ1n) is 24.0. The third-order valence-corrected chi connectivity index (χ3v) is 17.9. The minimum atomic E-state index is -0.0913. The van der Waals surface area contributed by atoms with E-state index >= 15 is 0 Å². The van der Waals surface area contributed by atoms with Gasteiger partial charge in [0.2, 0.25) is 0 Å². The lowest BCUT2D eigenvalue weighted by Gasteiger charge is -2.30. The normalized spacial score (nSPS) is 15.2. The molecule has 326 valence electrons. The average Bonchev–Trinajstić information content (AvgIpc) is 4.08. The molecule has 4 heteroatoms. The van der Waals surface area contributed by atoms with E-state index in [9.17, 15) is 0 Å². The van der Waals surface area contributed by atoms with Crippen LogP contribution < -0.4 is 9.80 Å². The van der Waals surface area contributed by atoms with Crippen molar-refractivity contribution >= 4 is 102 Å². The van der Waals surface area contributed by atoms with E-state index in [1.165, 1.54) is 118 Å². The van der Waals surface area contributed by atoms with Crippen LogP contribution >= 0.6 is 22.7 Å². The predicted molar refractivity (Wildman–Crippen MR) is 295 cm³/mol. The fourth-order valence-electron chi connectivity index (χ4n) is 12.2. The molecule has 2 nitrogen and oxygen atoms in total. The summed E-state index contributed by atoms with van der Waals surface area (Å²) in [6, 6.07) is 66.5. The molecule has 3 aliphatic carbocycles. The van der Waals surface area contributed by atoms with Crippen molar-refractivity contribution in [1.29, 1.82) is 0 Å². The molecule has 2 aromatic heterocycles. The van der Waals surface area contributed by atoms with Crippen molar-refractivity contribution in [3.63, 3.8) is 0 Å². The molecule has 0 atom stereocenters. The highest BCUT2D eigenvalue weighted by Gasteiger charge is 2.37. The number of benzene rings is 9. The Hall–Kier alpha value is -7.24. The number of anilines is 5. The predicted octanol–water partition coefficient (Wildman–Crippen LogP) is 19.0. The number of allylic oxidation sites excluding steroid dienone is 4. The Kier molecular flexibility index (Phi) is 8.58. The van der Waals surface area contributed by atoms with Crippen molar-refractivity contribution in [3.8, 4) is 22.3 Å².